The van der Waals surface area contributed by atoms with Crippen molar-refractivity contribution in [3.63, 3.8) is 0 Å². The zero-order valence-electron chi connectivity index (χ0n) is 8.42. The standard InChI is InChI=1S/C10H14ClNO2/c1-7(3-8(2)13)12-6-9(5-11)4-10(12)14/h3,9H,4-6H2,1-2H3. The van der Waals surface area contributed by atoms with Gasteiger partial charge >= 0.3 is 0 Å². The first-order valence-electron chi connectivity index (χ1n) is 4.59. The molecule has 1 fully saturated rings. The highest BCUT2D eigenvalue weighted by Gasteiger charge is 2.29. The summed E-state index contributed by atoms with van der Waals surface area (Å²) in [5.41, 5.74) is 0.718. The smallest absolute Gasteiger partial charge is 0.227 e. The maximum Gasteiger partial charge on any atom is 0.227 e. The monoisotopic (exact) mass is 215 g/mol. The average molecular weight is 216 g/mol. The first kappa shape index (κ1) is 11.2. The van der Waals surface area contributed by atoms with E-state index in [4.69, 9.17) is 11.6 Å². The maximum atomic E-state index is 11.5. The van der Waals surface area contributed by atoms with Crippen molar-refractivity contribution in [1.29, 1.82) is 0 Å². The van der Waals surface area contributed by atoms with Crippen molar-refractivity contribution in [2.24, 2.45) is 5.92 Å². The highest BCUT2D eigenvalue weighted by Crippen LogP contribution is 2.22. The van der Waals surface area contributed by atoms with E-state index in [-0.39, 0.29) is 17.6 Å². The number of alkyl halides is 1. The number of ketones is 1. The Bertz CT molecular complexity index is 286. The second-order valence-electron chi connectivity index (χ2n) is 3.63. The van der Waals surface area contributed by atoms with E-state index in [0.29, 0.717) is 18.8 Å². The van der Waals surface area contributed by atoms with E-state index in [9.17, 15) is 9.59 Å². The second kappa shape index (κ2) is 4.60. The van der Waals surface area contributed by atoms with E-state index in [1.165, 1.54) is 13.0 Å². The third-order valence-electron chi connectivity index (χ3n) is 2.26. The van der Waals surface area contributed by atoms with Gasteiger partial charge in [0.05, 0.1) is 0 Å². The van der Waals surface area contributed by atoms with Crippen LogP contribution in [0.25, 0.3) is 0 Å². The van der Waals surface area contributed by atoms with E-state index in [1.54, 1.807) is 11.8 Å². The van der Waals surface area contributed by atoms with Crippen molar-refractivity contribution in [3.8, 4) is 0 Å². The highest BCUT2D eigenvalue weighted by molar-refractivity contribution is 6.18. The molecule has 1 heterocycles. The van der Waals surface area contributed by atoms with Crippen LogP contribution >= 0.6 is 11.6 Å². The predicted octanol–water partition coefficient (Wildman–Crippen LogP) is 1.57. The average Bonchev–Trinajstić information content (AvgIpc) is 2.45. The normalized spacial score (nSPS) is 23.1. The van der Waals surface area contributed by atoms with Gasteiger partial charge < -0.3 is 4.90 Å². The Morgan fingerprint density at radius 1 is 1.64 bits per heavy atom. The van der Waals surface area contributed by atoms with Crippen LogP contribution in [0.1, 0.15) is 20.3 Å². The van der Waals surface area contributed by atoms with Crippen molar-refractivity contribution in [3.05, 3.63) is 11.8 Å². The van der Waals surface area contributed by atoms with Gasteiger partial charge in [0.2, 0.25) is 5.91 Å². The minimum Gasteiger partial charge on any atom is -0.316 e. The number of nitrogens with zero attached hydrogens (tertiary/aromatic N) is 1. The molecule has 0 aromatic rings. The van der Waals surface area contributed by atoms with Crippen LogP contribution < -0.4 is 0 Å². The molecule has 1 aliphatic heterocycles. The van der Waals surface area contributed by atoms with Crippen LogP contribution in [0.2, 0.25) is 0 Å². The third kappa shape index (κ3) is 2.58. The quantitative estimate of drug-likeness (QED) is 0.529. The largest absolute Gasteiger partial charge is 0.316 e. The van der Waals surface area contributed by atoms with Gasteiger partial charge in [-0.1, -0.05) is 0 Å². The fraction of sp³-hybridized carbons (Fsp3) is 0.600. The lowest BCUT2D eigenvalue weighted by Gasteiger charge is -2.16. The van der Waals surface area contributed by atoms with Gasteiger partial charge in [0.15, 0.2) is 5.78 Å². The number of carbonyl (C=O) groups excluding carboxylic acids is 2. The second-order valence-corrected chi connectivity index (χ2v) is 3.93. The summed E-state index contributed by atoms with van der Waals surface area (Å²) in [5, 5.41) is 0. The summed E-state index contributed by atoms with van der Waals surface area (Å²) in [5.74, 6) is 0.741. The van der Waals surface area contributed by atoms with Gasteiger partial charge in [-0.05, 0) is 19.8 Å². The predicted molar refractivity (Wildman–Crippen MR) is 55.0 cm³/mol. The highest BCUT2D eigenvalue weighted by atomic mass is 35.5. The van der Waals surface area contributed by atoms with Crippen molar-refractivity contribution < 1.29 is 9.59 Å². The Labute approximate surface area is 88.7 Å². The van der Waals surface area contributed by atoms with Crippen LogP contribution in [0.3, 0.4) is 0 Å². The summed E-state index contributed by atoms with van der Waals surface area (Å²) >= 11 is 5.68. The van der Waals surface area contributed by atoms with E-state index in [1.807, 2.05) is 0 Å². The molecule has 0 bridgehead atoms. The van der Waals surface area contributed by atoms with Gasteiger partial charge in [-0.2, -0.15) is 0 Å². The Kier molecular flexibility index (Phi) is 3.69. The van der Waals surface area contributed by atoms with E-state index in [2.05, 4.69) is 0 Å². The first-order valence-corrected chi connectivity index (χ1v) is 5.13. The van der Waals surface area contributed by atoms with Crippen LogP contribution in [0.15, 0.2) is 11.8 Å². The molecule has 1 amide bonds. The summed E-state index contributed by atoms with van der Waals surface area (Å²) < 4.78 is 0. The van der Waals surface area contributed by atoms with E-state index < -0.39 is 0 Å². The third-order valence-corrected chi connectivity index (χ3v) is 2.70. The Hall–Kier alpha value is -0.830. The topological polar surface area (TPSA) is 37.4 Å². The number of halogens is 1. The molecule has 3 nitrogen and oxygen atoms in total. The van der Waals surface area contributed by atoms with E-state index >= 15 is 0 Å². The molecule has 0 radical (unpaired) electrons. The molecule has 0 aromatic carbocycles. The minimum atomic E-state index is -0.0374. The number of amides is 1. The summed E-state index contributed by atoms with van der Waals surface area (Å²) in [4.78, 5) is 23.9. The summed E-state index contributed by atoms with van der Waals surface area (Å²) in [6, 6.07) is 0. The number of hydrogen-bond donors (Lipinski definition) is 0. The maximum absolute atomic E-state index is 11.5. The molecular weight excluding hydrogens is 202 g/mol. The molecule has 78 valence electrons. The number of rotatable bonds is 3. The fourth-order valence-corrected chi connectivity index (χ4v) is 1.80. The van der Waals surface area contributed by atoms with Crippen LogP contribution in [-0.2, 0) is 9.59 Å². The molecule has 0 saturated carbocycles. The van der Waals surface area contributed by atoms with Crippen molar-refractivity contribution in [2.45, 2.75) is 20.3 Å². The molecule has 1 unspecified atom stereocenters. The molecule has 1 aliphatic rings. The summed E-state index contributed by atoms with van der Waals surface area (Å²) in [6.07, 6.45) is 1.97. The van der Waals surface area contributed by atoms with Gasteiger partial charge in [0.25, 0.3) is 0 Å². The lowest BCUT2D eigenvalue weighted by atomic mass is 10.1. The van der Waals surface area contributed by atoms with Crippen molar-refractivity contribution in [1.82, 2.24) is 4.90 Å². The molecule has 0 spiro atoms. The van der Waals surface area contributed by atoms with Crippen molar-refractivity contribution >= 4 is 23.3 Å². The Morgan fingerprint density at radius 2 is 2.29 bits per heavy atom. The molecule has 0 aliphatic carbocycles. The van der Waals surface area contributed by atoms with Crippen LogP contribution in [0.5, 0.6) is 0 Å². The molecule has 1 saturated heterocycles. The minimum absolute atomic E-state index is 0.0374. The Morgan fingerprint density at radius 3 is 2.71 bits per heavy atom. The van der Waals surface area contributed by atoms with Gasteiger partial charge in [-0.25, -0.2) is 0 Å². The molecule has 1 rings (SSSR count). The summed E-state index contributed by atoms with van der Waals surface area (Å²) in [7, 11) is 0. The van der Waals surface area contributed by atoms with Crippen LogP contribution in [0, 0.1) is 5.92 Å². The molecule has 14 heavy (non-hydrogen) atoms. The van der Waals surface area contributed by atoms with E-state index in [0.717, 1.165) is 5.70 Å². The summed E-state index contributed by atoms with van der Waals surface area (Å²) in [6.45, 7) is 3.89. The molecule has 0 aromatic heterocycles. The molecule has 0 N–H and O–H groups in total. The Balaban J connectivity index is 2.70. The van der Waals surface area contributed by atoms with Gasteiger partial charge in [0.1, 0.15) is 0 Å². The number of hydrogen-bond acceptors (Lipinski definition) is 2. The lowest BCUT2D eigenvalue weighted by Crippen LogP contribution is -2.23. The SMILES string of the molecule is CC(=O)C=C(C)N1CC(CCl)CC1=O. The zero-order chi connectivity index (χ0) is 10.7. The first-order chi connectivity index (χ1) is 6.54. The van der Waals surface area contributed by atoms with Gasteiger partial charge in [0, 0.05) is 30.6 Å². The number of allylic oxidation sites excluding steroid dienone is 2. The molecule has 4 heteroatoms. The van der Waals surface area contributed by atoms with Crippen molar-refractivity contribution in [2.75, 3.05) is 12.4 Å². The van der Waals surface area contributed by atoms with Gasteiger partial charge in [-0.3, -0.25) is 9.59 Å². The lowest BCUT2D eigenvalue weighted by molar-refractivity contribution is -0.126. The fourth-order valence-electron chi connectivity index (χ4n) is 1.60. The zero-order valence-corrected chi connectivity index (χ0v) is 9.17. The van der Waals surface area contributed by atoms with Crippen LogP contribution in [0.4, 0.5) is 0 Å². The number of carbonyl (C=O) groups is 2. The van der Waals surface area contributed by atoms with Gasteiger partial charge in [-0.15, -0.1) is 11.6 Å². The molecular formula is C10H14ClNO2. The van der Waals surface area contributed by atoms with Crippen LogP contribution in [-0.4, -0.2) is 29.0 Å². The number of likely N-dealkylation sites (tertiary alicyclic amines) is 1. The molecule has 1 atom stereocenters.